The lowest BCUT2D eigenvalue weighted by atomic mass is 10.0. The molecule has 0 bridgehead atoms. The fourth-order valence-electron chi connectivity index (χ4n) is 3.30. The fraction of sp³-hybridized carbons (Fsp3) is 0.562. The van der Waals surface area contributed by atoms with Gasteiger partial charge in [-0.15, -0.1) is 0 Å². The minimum Gasteiger partial charge on any atom is -0.334 e. The van der Waals surface area contributed by atoms with Crippen LogP contribution in [0.1, 0.15) is 25.3 Å². The van der Waals surface area contributed by atoms with Crippen molar-refractivity contribution in [1.82, 2.24) is 9.80 Å². The molecule has 1 saturated heterocycles. The predicted molar refractivity (Wildman–Crippen MR) is 76.0 cm³/mol. The van der Waals surface area contributed by atoms with Crippen LogP contribution in [0.15, 0.2) is 30.3 Å². The van der Waals surface area contributed by atoms with Crippen molar-refractivity contribution in [2.45, 2.75) is 37.9 Å². The Balaban J connectivity index is 1.76. The standard InChI is InChI=1S/C16H21FN2O/c1-13(20)19-11-15(9-17)18(12-16(19)7-8-16)10-14-5-3-2-4-6-14/h2-6,15H,7-12H2,1H3/t15-/m0/s1. The lowest BCUT2D eigenvalue weighted by Gasteiger charge is -2.46. The van der Waals surface area contributed by atoms with Crippen molar-refractivity contribution in [3.63, 3.8) is 0 Å². The molecular weight excluding hydrogens is 255 g/mol. The zero-order valence-electron chi connectivity index (χ0n) is 11.9. The summed E-state index contributed by atoms with van der Waals surface area (Å²) < 4.78 is 13.4. The van der Waals surface area contributed by atoms with Crippen molar-refractivity contribution in [3.05, 3.63) is 35.9 Å². The van der Waals surface area contributed by atoms with E-state index in [-0.39, 0.29) is 17.5 Å². The maximum absolute atomic E-state index is 13.4. The van der Waals surface area contributed by atoms with Crippen LogP contribution in [0.4, 0.5) is 4.39 Å². The molecule has 0 unspecified atom stereocenters. The van der Waals surface area contributed by atoms with E-state index in [1.807, 2.05) is 23.1 Å². The molecule has 1 aromatic rings. The molecule has 1 spiro atoms. The maximum atomic E-state index is 13.4. The number of piperazine rings is 1. The molecule has 1 amide bonds. The van der Waals surface area contributed by atoms with Gasteiger partial charge in [0, 0.05) is 26.6 Å². The number of carbonyl (C=O) groups is 1. The molecule has 2 aliphatic rings. The van der Waals surface area contributed by atoms with E-state index in [1.165, 1.54) is 5.56 Å². The number of alkyl halides is 1. The van der Waals surface area contributed by atoms with Gasteiger partial charge in [0.1, 0.15) is 6.67 Å². The quantitative estimate of drug-likeness (QED) is 0.845. The molecule has 1 saturated carbocycles. The van der Waals surface area contributed by atoms with Crippen LogP contribution < -0.4 is 0 Å². The van der Waals surface area contributed by atoms with Crippen molar-refractivity contribution in [2.75, 3.05) is 19.8 Å². The number of benzene rings is 1. The molecule has 3 nitrogen and oxygen atoms in total. The zero-order chi connectivity index (χ0) is 14.2. The Labute approximate surface area is 119 Å². The highest BCUT2D eigenvalue weighted by Crippen LogP contribution is 2.45. The Hall–Kier alpha value is -1.42. The van der Waals surface area contributed by atoms with E-state index in [9.17, 15) is 9.18 Å². The van der Waals surface area contributed by atoms with Gasteiger partial charge in [0.25, 0.3) is 0 Å². The second kappa shape index (κ2) is 5.17. The van der Waals surface area contributed by atoms with Gasteiger partial charge in [-0.2, -0.15) is 0 Å². The summed E-state index contributed by atoms with van der Waals surface area (Å²) >= 11 is 0. The van der Waals surface area contributed by atoms with Gasteiger partial charge in [-0.1, -0.05) is 30.3 Å². The molecule has 2 fully saturated rings. The zero-order valence-corrected chi connectivity index (χ0v) is 11.9. The molecule has 1 atom stereocenters. The van der Waals surface area contributed by atoms with E-state index in [0.29, 0.717) is 6.54 Å². The number of carbonyl (C=O) groups excluding carboxylic acids is 1. The highest BCUT2D eigenvalue weighted by atomic mass is 19.1. The van der Waals surface area contributed by atoms with Gasteiger partial charge in [-0.25, -0.2) is 4.39 Å². The normalized spacial score (nSPS) is 24.9. The van der Waals surface area contributed by atoms with Crippen molar-refractivity contribution in [2.24, 2.45) is 0 Å². The smallest absolute Gasteiger partial charge is 0.220 e. The number of nitrogens with zero attached hydrogens (tertiary/aromatic N) is 2. The van der Waals surface area contributed by atoms with E-state index in [1.54, 1.807) is 6.92 Å². The SMILES string of the molecule is CC(=O)N1C[C@H](CF)N(Cc2ccccc2)CC12CC2. The van der Waals surface area contributed by atoms with Crippen LogP contribution in [0.3, 0.4) is 0 Å². The molecule has 1 heterocycles. The average Bonchev–Trinajstić information content (AvgIpc) is 3.20. The Morgan fingerprint density at radius 2 is 2.05 bits per heavy atom. The minimum atomic E-state index is -0.396. The van der Waals surface area contributed by atoms with Crippen LogP contribution >= 0.6 is 0 Å². The summed E-state index contributed by atoms with van der Waals surface area (Å²) in [5.41, 5.74) is 1.20. The molecule has 4 heteroatoms. The second-order valence-electron chi connectivity index (χ2n) is 6.05. The van der Waals surface area contributed by atoms with Gasteiger partial charge in [-0.3, -0.25) is 9.69 Å². The van der Waals surface area contributed by atoms with Gasteiger partial charge in [0.05, 0.1) is 11.6 Å². The Morgan fingerprint density at radius 3 is 2.60 bits per heavy atom. The van der Waals surface area contributed by atoms with Crippen molar-refractivity contribution < 1.29 is 9.18 Å². The molecule has 1 aliphatic heterocycles. The topological polar surface area (TPSA) is 23.6 Å². The van der Waals surface area contributed by atoms with Gasteiger partial charge < -0.3 is 4.90 Å². The van der Waals surface area contributed by atoms with Crippen LogP contribution in [0.25, 0.3) is 0 Å². The molecule has 1 aliphatic carbocycles. The first-order valence-electron chi connectivity index (χ1n) is 7.27. The molecule has 20 heavy (non-hydrogen) atoms. The summed E-state index contributed by atoms with van der Waals surface area (Å²) in [4.78, 5) is 15.9. The Morgan fingerprint density at radius 1 is 1.35 bits per heavy atom. The van der Waals surface area contributed by atoms with E-state index >= 15 is 0 Å². The van der Waals surface area contributed by atoms with Crippen molar-refractivity contribution >= 4 is 5.91 Å². The molecule has 0 radical (unpaired) electrons. The highest BCUT2D eigenvalue weighted by molar-refractivity contribution is 5.75. The lowest BCUT2D eigenvalue weighted by molar-refractivity contribution is -0.137. The first-order chi connectivity index (χ1) is 9.64. The monoisotopic (exact) mass is 276 g/mol. The number of hydrogen-bond donors (Lipinski definition) is 0. The summed E-state index contributed by atoms with van der Waals surface area (Å²) in [5, 5.41) is 0. The van der Waals surface area contributed by atoms with E-state index in [4.69, 9.17) is 0 Å². The highest BCUT2D eigenvalue weighted by Gasteiger charge is 2.54. The van der Waals surface area contributed by atoms with Crippen LogP contribution in [0.2, 0.25) is 0 Å². The molecular formula is C16H21FN2O. The summed E-state index contributed by atoms with van der Waals surface area (Å²) in [7, 11) is 0. The van der Waals surface area contributed by atoms with Gasteiger partial charge >= 0.3 is 0 Å². The van der Waals surface area contributed by atoms with Gasteiger partial charge in [0.15, 0.2) is 0 Å². The third kappa shape index (κ3) is 2.44. The maximum Gasteiger partial charge on any atom is 0.220 e. The summed E-state index contributed by atoms with van der Waals surface area (Å²) in [6, 6.07) is 9.99. The largest absolute Gasteiger partial charge is 0.334 e. The van der Waals surface area contributed by atoms with Crippen molar-refractivity contribution in [1.29, 1.82) is 0 Å². The van der Waals surface area contributed by atoms with E-state index in [0.717, 1.165) is 25.9 Å². The molecule has 0 aromatic heterocycles. The number of halogens is 1. The van der Waals surface area contributed by atoms with Crippen LogP contribution in [0.5, 0.6) is 0 Å². The summed E-state index contributed by atoms with van der Waals surface area (Å²) in [6.45, 7) is 3.30. The molecule has 3 rings (SSSR count). The number of hydrogen-bond acceptors (Lipinski definition) is 2. The molecule has 0 N–H and O–H groups in total. The second-order valence-corrected chi connectivity index (χ2v) is 6.05. The first kappa shape index (κ1) is 13.6. The Kier molecular flexibility index (Phi) is 3.50. The van der Waals surface area contributed by atoms with Gasteiger partial charge in [-0.05, 0) is 18.4 Å². The first-order valence-corrected chi connectivity index (χ1v) is 7.27. The predicted octanol–water partition coefficient (Wildman–Crippen LogP) is 2.22. The lowest BCUT2D eigenvalue weighted by Crippen LogP contribution is -2.61. The third-order valence-electron chi connectivity index (χ3n) is 4.59. The molecule has 108 valence electrons. The minimum absolute atomic E-state index is 0.00766. The van der Waals surface area contributed by atoms with Crippen LogP contribution in [0, 0.1) is 0 Å². The van der Waals surface area contributed by atoms with E-state index < -0.39 is 6.67 Å². The van der Waals surface area contributed by atoms with Crippen molar-refractivity contribution in [3.8, 4) is 0 Å². The number of rotatable bonds is 3. The van der Waals surface area contributed by atoms with Gasteiger partial charge in [0.2, 0.25) is 5.91 Å². The average molecular weight is 276 g/mol. The fourth-order valence-corrected chi connectivity index (χ4v) is 3.30. The summed E-state index contributed by atoms with van der Waals surface area (Å²) in [6.07, 6.45) is 2.10. The molecule has 1 aromatic carbocycles. The van der Waals surface area contributed by atoms with Crippen LogP contribution in [-0.2, 0) is 11.3 Å². The Bertz CT molecular complexity index is 487. The van der Waals surface area contributed by atoms with E-state index in [2.05, 4.69) is 17.0 Å². The third-order valence-corrected chi connectivity index (χ3v) is 4.59. The summed E-state index contributed by atoms with van der Waals surface area (Å²) in [5.74, 6) is 0.0836. The number of amides is 1. The van der Waals surface area contributed by atoms with Crippen LogP contribution in [-0.4, -0.2) is 47.1 Å².